The largest absolute Gasteiger partial charge is 0.334 e. The van der Waals surface area contributed by atoms with E-state index < -0.39 is 0 Å². The summed E-state index contributed by atoms with van der Waals surface area (Å²) in [5, 5.41) is 19.7. The third-order valence-corrected chi connectivity index (χ3v) is 8.31. The second kappa shape index (κ2) is 14.5. The van der Waals surface area contributed by atoms with Crippen molar-refractivity contribution in [3.05, 3.63) is 124 Å². The molecule has 0 saturated carbocycles. The molecule has 1 aliphatic rings. The highest BCUT2D eigenvalue weighted by Crippen LogP contribution is 2.29. The fourth-order valence-corrected chi connectivity index (χ4v) is 5.75. The summed E-state index contributed by atoms with van der Waals surface area (Å²) < 4.78 is 1.55. The van der Waals surface area contributed by atoms with E-state index in [1.165, 1.54) is 6.20 Å². The molecule has 6 rings (SSSR count). The van der Waals surface area contributed by atoms with Gasteiger partial charge >= 0.3 is 6.03 Å². The summed E-state index contributed by atoms with van der Waals surface area (Å²) in [5.74, 6) is 0.249. The van der Waals surface area contributed by atoms with Gasteiger partial charge in [-0.2, -0.15) is 10.4 Å². The van der Waals surface area contributed by atoms with E-state index in [1.54, 1.807) is 23.9 Å². The molecule has 1 unspecified atom stereocenters. The number of nitrogens with one attached hydrogen (secondary N) is 2. The highest BCUT2D eigenvalue weighted by atomic mass is 16.2. The number of rotatable bonds is 8. The van der Waals surface area contributed by atoms with Crippen LogP contribution in [0.4, 0.5) is 16.4 Å². The molecule has 11 nitrogen and oxygen atoms in total. The third kappa shape index (κ3) is 7.45. The summed E-state index contributed by atoms with van der Waals surface area (Å²) >= 11 is 0. The van der Waals surface area contributed by atoms with E-state index in [1.807, 2.05) is 84.8 Å². The number of aliphatic imine (C=N–C) groups is 1. The Balaban J connectivity index is 1.20. The highest BCUT2D eigenvalue weighted by Gasteiger charge is 2.26. The number of amides is 2. The zero-order valence-corrected chi connectivity index (χ0v) is 26.8. The molecule has 0 fully saturated rings. The zero-order chi connectivity index (χ0) is 33.5. The number of urea groups is 1. The van der Waals surface area contributed by atoms with Gasteiger partial charge in [-0.3, -0.25) is 14.8 Å². The van der Waals surface area contributed by atoms with Crippen LogP contribution in [0, 0.1) is 18.3 Å². The number of benzene rings is 2. The number of carbonyl (C=O) groups is 1. The number of carbonyl (C=O) groups excluding carboxylic acids is 1. The lowest BCUT2D eigenvalue weighted by atomic mass is 10.0. The van der Waals surface area contributed by atoms with Crippen molar-refractivity contribution in [2.75, 3.05) is 4.90 Å². The maximum absolute atomic E-state index is 13.8. The summed E-state index contributed by atoms with van der Waals surface area (Å²) in [4.78, 5) is 40.9. The van der Waals surface area contributed by atoms with Crippen LogP contribution in [0.5, 0.6) is 0 Å². The van der Waals surface area contributed by atoms with Crippen LogP contribution in [0.25, 0.3) is 22.5 Å². The molecule has 0 aliphatic heterocycles. The minimum absolute atomic E-state index is 0.0623. The van der Waals surface area contributed by atoms with Gasteiger partial charge in [-0.25, -0.2) is 19.8 Å². The van der Waals surface area contributed by atoms with Crippen LogP contribution >= 0.6 is 0 Å². The van der Waals surface area contributed by atoms with Gasteiger partial charge in [-0.05, 0) is 79.1 Å². The minimum atomic E-state index is -0.164. The lowest BCUT2D eigenvalue weighted by molar-refractivity contribution is 0.242. The molecule has 2 amide bonds. The number of aromatic nitrogens is 5. The fraction of sp³-hybridized carbons (Fsp3) is 0.216. The quantitative estimate of drug-likeness (QED) is 0.188. The van der Waals surface area contributed by atoms with E-state index >= 15 is 0 Å². The second-order valence-electron chi connectivity index (χ2n) is 11.7. The predicted octanol–water partition coefficient (Wildman–Crippen LogP) is 6.40. The molecule has 1 aliphatic carbocycles. The topological polar surface area (TPSA) is 145 Å². The molecular formula is C37H35N9O2. The average Bonchev–Trinajstić information content (AvgIpc) is 3.42. The van der Waals surface area contributed by atoms with E-state index in [0.717, 1.165) is 52.9 Å². The molecular weight excluding hydrogens is 602 g/mol. The van der Waals surface area contributed by atoms with E-state index in [9.17, 15) is 14.9 Å². The van der Waals surface area contributed by atoms with Crippen molar-refractivity contribution in [1.82, 2.24) is 30.0 Å². The molecule has 0 bridgehead atoms. The van der Waals surface area contributed by atoms with E-state index in [2.05, 4.69) is 42.6 Å². The number of H-pyrrole nitrogens is 1. The van der Waals surface area contributed by atoms with E-state index in [-0.39, 0.29) is 23.6 Å². The normalized spacial score (nSPS) is 14.6. The molecule has 11 heteroatoms. The number of hydrogen-bond donors (Lipinski definition) is 2. The number of aromatic amines is 1. The molecule has 240 valence electrons. The van der Waals surface area contributed by atoms with Crippen molar-refractivity contribution in [2.24, 2.45) is 12.0 Å². The molecule has 2 N–H and O–H groups in total. The molecule has 1 atom stereocenters. The Bertz CT molecular complexity index is 2070. The number of pyridine rings is 1. The molecule has 0 radical (unpaired) electrons. The Morgan fingerprint density at radius 1 is 1.12 bits per heavy atom. The molecule has 0 spiro atoms. The molecule has 48 heavy (non-hydrogen) atoms. The Hall–Kier alpha value is -6.15. The van der Waals surface area contributed by atoms with Gasteiger partial charge in [0, 0.05) is 43.8 Å². The summed E-state index contributed by atoms with van der Waals surface area (Å²) in [6, 6.07) is 24.8. The minimum Gasteiger partial charge on any atom is -0.334 e. The molecule has 3 heterocycles. The summed E-state index contributed by atoms with van der Waals surface area (Å²) in [7, 11) is 1.73. The van der Waals surface area contributed by atoms with Crippen LogP contribution in [-0.2, 0) is 13.6 Å². The van der Waals surface area contributed by atoms with Crippen molar-refractivity contribution in [3.8, 4) is 28.6 Å². The Kier molecular flexibility index (Phi) is 9.62. The van der Waals surface area contributed by atoms with Gasteiger partial charge in [0.25, 0.3) is 0 Å². The van der Waals surface area contributed by atoms with Gasteiger partial charge in [0.2, 0.25) is 11.5 Å². The van der Waals surface area contributed by atoms with Gasteiger partial charge in [0.15, 0.2) is 0 Å². The molecule has 0 saturated heterocycles. The van der Waals surface area contributed by atoms with Crippen molar-refractivity contribution in [3.63, 3.8) is 0 Å². The lowest BCUT2D eigenvalue weighted by Crippen LogP contribution is -2.46. The first-order chi connectivity index (χ1) is 23.4. The summed E-state index contributed by atoms with van der Waals surface area (Å²) in [6.07, 6.45) is 10.2. The van der Waals surface area contributed by atoms with Crippen LogP contribution in [-0.4, -0.2) is 43.0 Å². The second-order valence-corrected chi connectivity index (χ2v) is 11.7. The number of hydrogen-bond acceptors (Lipinski definition) is 7. The standard InChI is InChI=1S/C37H35N9O2/c1-25-19-33(44-43-25)35-30(20-38)23-40-36(42-35)39-21-27-9-6-10-31(15-11-27)46(37(48)41-22-26-7-4-3-5-8-26)32-16-12-28(13-17-32)29-14-18-34(47)45(2)24-29/h3-5,7-9,12-14,16-19,21,23-24,31H,6,10-11,15,22H2,1-2H3,(H,41,48)(H,43,44)/b39-21-. The van der Waals surface area contributed by atoms with E-state index in [0.29, 0.717) is 29.9 Å². The number of nitrogens with zero attached hydrogens (tertiary/aromatic N) is 7. The molecule has 5 aromatic rings. The third-order valence-electron chi connectivity index (χ3n) is 8.31. The maximum Gasteiger partial charge on any atom is 0.322 e. The first-order valence-corrected chi connectivity index (χ1v) is 15.8. The SMILES string of the molecule is Cc1cc(-c2nc(/N=C\C3=CCCC(N(C(=O)NCc4ccccc4)c4ccc(-c5ccc(=O)n(C)c5)cc4)CC3)ncc2C#N)[nH]n1. The Morgan fingerprint density at radius 3 is 2.65 bits per heavy atom. The van der Waals surface area contributed by atoms with Crippen LogP contribution in [0.3, 0.4) is 0 Å². The monoisotopic (exact) mass is 637 g/mol. The van der Waals surface area contributed by atoms with Gasteiger partial charge < -0.3 is 9.88 Å². The Labute approximate surface area is 278 Å². The van der Waals surface area contributed by atoms with Crippen molar-refractivity contribution in [2.45, 2.75) is 45.2 Å². The predicted molar refractivity (Wildman–Crippen MR) is 186 cm³/mol. The molecule has 2 aromatic carbocycles. The first-order valence-electron chi connectivity index (χ1n) is 15.8. The first kappa shape index (κ1) is 31.8. The van der Waals surface area contributed by atoms with Gasteiger partial charge in [-0.1, -0.05) is 48.5 Å². The van der Waals surface area contributed by atoms with Crippen molar-refractivity contribution in [1.29, 1.82) is 5.26 Å². The fourth-order valence-electron chi connectivity index (χ4n) is 5.75. The van der Waals surface area contributed by atoms with Gasteiger partial charge in [0.1, 0.15) is 11.8 Å². The summed E-state index contributed by atoms with van der Waals surface area (Å²) in [6.45, 7) is 2.27. The highest BCUT2D eigenvalue weighted by molar-refractivity contribution is 5.93. The average molecular weight is 638 g/mol. The smallest absolute Gasteiger partial charge is 0.322 e. The Morgan fingerprint density at radius 2 is 1.92 bits per heavy atom. The van der Waals surface area contributed by atoms with Gasteiger partial charge in [-0.15, -0.1) is 0 Å². The molecule has 3 aromatic heterocycles. The number of allylic oxidation sites excluding steroid dienone is 2. The maximum atomic E-state index is 13.8. The van der Waals surface area contributed by atoms with E-state index in [4.69, 9.17) is 0 Å². The lowest BCUT2D eigenvalue weighted by Gasteiger charge is -2.32. The van der Waals surface area contributed by atoms with Crippen LogP contribution in [0.15, 0.2) is 107 Å². The van der Waals surface area contributed by atoms with Crippen molar-refractivity contribution >= 4 is 23.9 Å². The van der Waals surface area contributed by atoms with Crippen LogP contribution in [0.1, 0.15) is 42.5 Å². The number of aryl methyl sites for hydroxylation is 2. The summed E-state index contributed by atoms with van der Waals surface area (Å²) in [5.41, 5.74) is 6.86. The van der Waals surface area contributed by atoms with Crippen LogP contribution in [0.2, 0.25) is 0 Å². The zero-order valence-electron chi connectivity index (χ0n) is 26.8. The number of anilines is 1. The van der Waals surface area contributed by atoms with Gasteiger partial charge in [0.05, 0.1) is 23.1 Å². The van der Waals surface area contributed by atoms with Crippen LogP contribution < -0.4 is 15.8 Å². The number of nitriles is 1. The van der Waals surface area contributed by atoms with Crippen molar-refractivity contribution < 1.29 is 4.79 Å².